The van der Waals surface area contributed by atoms with Crippen LogP contribution in [0, 0.1) is 0 Å². The molecule has 0 fully saturated rings. The highest BCUT2D eigenvalue weighted by atomic mass is 79.9. The lowest BCUT2D eigenvalue weighted by molar-refractivity contribution is 0.470. The van der Waals surface area contributed by atoms with Crippen LogP contribution in [-0.4, -0.2) is 19.7 Å². The zero-order chi connectivity index (χ0) is 11.8. The molecule has 0 amide bonds. The zero-order valence-electron chi connectivity index (χ0n) is 8.71. The maximum atomic E-state index is 9.37. The first kappa shape index (κ1) is 10.3. The highest BCUT2D eigenvalue weighted by Crippen LogP contribution is 2.25. The first-order valence-electron chi connectivity index (χ1n) is 5.04. The summed E-state index contributed by atoms with van der Waals surface area (Å²) < 4.78 is 2.50. The van der Waals surface area contributed by atoms with Crippen LogP contribution in [0.3, 0.4) is 0 Å². The van der Waals surface area contributed by atoms with Gasteiger partial charge in [-0.2, -0.15) is 0 Å². The molecule has 17 heavy (non-hydrogen) atoms. The van der Waals surface area contributed by atoms with E-state index in [9.17, 15) is 5.11 Å². The number of rotatable bonds is 1. The van der Waals surface area contributed by atoms with E-state index in [1.54, 1.807) is 16.6 Å². The third-order valence-electron chi connectivity index (χ3n) is 2.43. The van der Waals surface area contributed by atoms with Gasteiger partial charge in [0.05, 0.1) is 6.20 Å². The van der Waals surface area contributed by atoms with Gasteiger partial charge in [0.1, 0.15) is 5.75 Å². The summed E-state index contributed by atoms with van der Waals surface area (Å²) in [7, 11) is 0. The van der Waals surface area contributed by atoms with Crippen LogP contribution in [0.2, 0.25) is 0 Å². The van der Waals surface area contributed by atoms with Crippen molar-refractivity contribution in [3.8, 4) is 17.1 Å². The maximum Gasteiger partial charge on any atom is 0.183 e. The molecule has 0 unspecified atom stereocenters. The molecule has 0 aliphatic heterocycles. The van der Waals surface area contributed by atoms with Crippen molar-refractivity contribution < 1.29 is 5.11 Å². The van der Waals surface area contributed by atoms with E-state index in [1.165, 1.54) is 6.20 Å². The summed E-state index contributed by atoms with van der Waals surface area (Å²) in [5.41, 5.74) is 1.63. The van der Waals surface area contributed by atoms with Crippen molar-refractivity contribution >= 4 is 21.6 Å². The summed E-state index contributed by atoms with van der Waals surface area (Å²) in [6.07, 6.45) is 1.53. The summed E-state index contributed by atoms with van der Waals surface area (Å²) in [5, 5.41) is 13.7. The molecule has 0 saturated carbocycles. The Morgan fingerprint density at radius 1 is 1.12 bits per heavy atom. The van der Waals surface area contributed by atoms with E-state index < -0.39 is 0 Å². The van der Waals surface area contributed by atoms with Gasteiger partial charge in [-0.05, 0) is 24.3 Å². The van der Waals surface area contributed by atoms with E-state index in [0.29, 0.717) is 11.5 Å². The van der Waals surface area contributed by atoms with Crippen LogP contribution < -0.4 is 0 Å². The summed E-state index contributed by atoms with van der Waals surface area (Å²) in [4.78, 5) is 4.40. The molecule has 84 valence electrons. The second-order valence-electron chi connectivity index (χ2n) is 3.61. The van der Waals surface area contributed by atoms with Crippen LogP contribution in [-0.2, 0) is 0 Å². The fourth-order valence-electron chi connectivity index (χ4n) is 1.63. The summed E-state index contributed by atoms with van der Waals surface area (Å²) >= 11 is 3.47. The standard InChI is InChI=1S/C12H8BrN3O/c13-10-4-2-1-3-9(10)12-14-11-6-5-8(17)7-16(11)15-12/h1-7,17H. The SMILES string of the molecule is Oc1ccc2nc(-c3ccccc3Br)nn2c1. The van der Waals surface area contributed by atoms with E-state index in [2.05, 4.69) is 26.0 Å². The quantitative estimate of drug-likeness (QED) is 0.749. The fourth-order valence-corrected chi connectivity index (χ4v) is 2.09. The van der Waals surface area contributed by atoms with E-state index in [-0.39, 0.29) is 5.75 Å². The lowest BCUT2D eigenvalue weighted by Crippen LogP contribution is -1.86. The molecule has 0 bridgehead atoms. The van der Waals surface area contributed by atoms with Crippen LogP contribution >= 0.6 is 15.9 Å². The molecular weight excluding hydrogens is 282 g/mol. The Bertz CT molecular complexity index is 693. The Morgan fingerprint density at radius 3 is 2.76 bits per heavy atom. The molecule has 0 aliphatic carbocycles. The fraction of sp³-hybridized carbons (Fsp3) is 0. The van der Waals surface area contributed by atoms with Gasteiger partial charge in [0, 0.05) is 10.0 Å². The largest absolute Gasteiger partial charge is 0.506 e. The van der Waals surface area contributed by atoms with Gasteiger partial charge >= 0.3 is 0 Å². The molecular formula is C12H8BrN3O. The Morgan fingerprint density at radius 2 is 1.94 bits per heavy atom. The molecule has 0 radical (unpaired) electrons. The normalized spacial score (nSPS) is 10.9. The Balaban J connectivity index is 2.22. The first-order chi connectivity index (χ1) is 8.24. The third kappa shape index (κ3) is 1.78. The molecule has 0 spiro atoms. The van der Waals surface area contributed by atoms with E-state index in [1.807, 2.05) is 24.3 Å². The molecule has 2 aromatic heterocycles. The topological polar surface area (TPSA) is 50.4 Å². The number of aromatic nitrogens is 3. The van der Waals surface area contributed by atoms with Crippen molar-refractivity contribution in [2.24, 2.45) is 0 Å². The average molecular weight is 290 g/mol. The molecule has 2 heterocycles. The second-order valence-corrected chi connectivity index (χ2v) is 4.46. The number of fused-ring (bicyclic) bond motifs is 1. The van der Waals surface area contributed by atoms with Crippen molar-refractivity contribution in [3.05, 3.63) is 47.1 Å². The van der Waals surface area contributed by atoms with Crippen molar-refractivity contribution in [2.75, 3.05) is 0 Å². The molecule has 0 atom stereocenters. The van der Waals surface area contributed by atoms with Gasteiger partial charge in [0.2, 0.25) is 0 Å². The van der Waals surface area contributed by atoms with Gasteiger partial charge in [-0.15, -0.1) is 5.10 Å². The summed E-state index contributed by atoms with van der Waals surface area (Å²) in [5.74, 6) is 0.796. The summed E-state index contributed by atoms with van der Waals surface area (Å²) in [6, 6.07) is 11.1. The van der Waals surface area contributed by atoms with Crippen molar-refractivity contribution in [3.63, 3.8) is 0 Å². The summed E-state index contributed by atoms with van der Waals surface area (Å²) in [6.45, 7) is 0. The van der Waals surface area contributed by atoms with Crippen LogP contribution in [0.4, 0.5) is 0 Å². The number of halogens is 1. The van der Waals surface area contributed by atoms with Crippen LogP contribution in [0.1, 0.15) is 0 Å². The first-order valence-corrected chi connectivity index (χ1v) is 5.83. The number of hydrogen-bond donors (Lipinski definition) is 1. The van der Waals surface area contributed by atoms with E-state index in [0.717, 1.165) is 10.0 Å². The number of nitrogens with zero attached hydrogens (tertiary/aromatic N) is 3. The number of pyridine rings is 1. The van der Waals surface area contributed by atoms with Crippen LogP contribution in [0.15, 0.2) is 47.1 Å². The maximum absolute atomic E-state index is 9.37. The smallest absolute Gasteiger partial charge is 0.183 e. The Labute approximate surface area is 106 Å². The van der Waals surface area contributed by atoms with Crippen molar-refractivity contribution in [1.82, 2.24) is 14.6 Å². The minimum absolute atomic E-state index is 0.168. The number of benzene rings is 1. The van der Waals surface area contributed by atoms with Gasteiger partial charge in [-0.3, -0.25) is 0 Å². The predicted molar refractivity (Wildman–Crippen MR) is 67.8 cm³/mol. The van der Waals surface area contributed by atoms with Crippen molar-refractivity contribution in [2.45, 2.75) is 0 Å². The Hall–Kier alpha value is -1.88. The molecule has 5 heteroatoms. The zero-order valence-corrected chi connectivity index (χ0v) is 10.3. The lowest BCUT2D eigenvalue weighted by Gasteiger charge is -1.96. The average Bonchev–Trinajstić information content (AvgIpc) is 2.72. The lowest BCUT2D eigenvalue weighted by atomic mass is 10.2. The highest BCUT2D eigenvalue weighted by molar-refractivity contribution is 9.10. The van der Waals surface area contributed by atoms with Gasteiger partial charge < -0.3 is 5.11 Å². The van der Waals surface area contributed by atoms with Gasteiger partial charge in [-0.1, -0.05) is 28.1 Å². The van der Waals surface area contributed by atoms with E-state index >= 15 is 0 Å². The molecule has 3 rings (SSSR count). The van der Waals surface area contributed by atoms with Gasteiger partial charge in [0.15, 0.2) is 11.5 Å². The van der Waals surface area contributed by atoms with Gasteiger partial charge in [0.25, 0.3) is 0 Å². The number of aromatic hydroxyl groups is 1. The van der Waals surface area contributed by atoms with Crippen LogP contribution in [0.25, 0.3) is 17.0 Å². The van der Waals surface area contributed by atoms with E-state index in [4.69, 9.17) is 0 Å². The van der Waals surface area contributed by atoms with Gasteiger partial charge in [-0.25, -0.2) is 9.50 Å². The molecule has 3 aromatic rings. The molecule has 0 saturated heterocycles. The molecule has 4 nitrogen and oxygen atoms in total. The second kappa shape index (κ2) is 3.85. The van der Waals surface area contributed by atoms with Crippen LogP contribution in [0.5, 0.6) is 5.75 Å². The monoisotopic (exact) mass is 289 g/mol. The molecule has 1 aromatic carbocycles. The predicted octanol–water partition coefficient (Wildman–Crippen LogP) is 2.86. The molecule has 1 N–H and O–H groups in total. The molecule has 0 aliphatic rings. The minimum Gasteiger partial charge on any atom is -0.506 e. The van der Waals surface area contributed by atoms with Crippen molar-refractivity contribution in [1.29, 1.82) is 0 Å². The highest BCUT2D eigenvalue weighted by Gasteiger charge is 2.09. The number of hydrogen-bond acceptors (Lipinski definition) is 3. The third-order valence-corrected chi connectivity index (χ3v) is 3.12. The Kier molecular flexibility index (Phi) is 2.33. The minimum atomic E-state index is 0.168.